The van der Waals surface area contributed by atoms with Gasteiger partial charge < -0.3 is 14.2 Å². The average molecular weight is 459 g/mol. The maximum absolute atomic E-state index is 12.0. The van der Waals surface area contributed by atoms with Gasteiger partial charge in [0.1, 0.15) is 17.2 Å². The molecular weight excluding hydrogens is 432 g/mol. The molecular formula is C27H26N2O5. The molecule has 7 heteroatoms. The third-order valence-corrected chi connectivity index (χ3v) is 4.73. The lowest BCUT2D eigenvalue weighted by molar-refractivity contribution is -0.129. The van der Waals surface area contributed by atoms with E-state index in [9.17, 15) is 9.59 Å². The summed E-state index contributed by atoms with van der Waals surface area (Å²) in [4.78, 5) is 24.0. The molecule has 1 N–H and O–H groups in total. The summed E-state index contributed by atoms with van der Waals surface area (Å²) in [6.45, 7) is 3.74. The molecule has 3 aromatic rings. The first-order valence-electron chi connectivity index (χ1n) is 10.6. The molecule has 0 atom stereocenters. The number of carbonyl (C=O) groups excluding carboxylic acids is 2. The minimum atomic E-state index is -0.492. The van der Waals surface area contributed by atoms with Crippen molar-refractivity contribution in [2.75, 3.05) is 13.7 Å². The van der Waals surface area contributed by atoms with Crippen LogP contribution in [0, 0.1) is 13.8 Å². The van der Waals surface area contributed by atoms with E-state index in [-0.39, 0.29) is 12.5 Å². The molecule has 0 bridgehead atoms. The van der Waals surface area contributed by atoms with E-state index in [1.54, 1.807) is 37.5 Å². The fourth-order valence-electron chi connectivity index (χ4n) is 2.87. The van der Waals surface area contributed by atoms with Gasteiger partial charge in [0.25, 0.3) is 5.91 Å². The zero-order valence-electron chi connectivity index (χ0n) is 19.3. The molecule has 1 amide bonds. The number of benzene rings is 3. The SMILES string of the molecule is COc1ccc(/C=C/C(=O)Oc2ccc(/C=N\NC(=O)COc3cc(C)ccc3C)cc2)cc1. The Labute approximate surface area is 198 Å². The second-order valence-electron chi connectivity index (χ2n) is 7.45. The molecule has 0 aliphatic carbocycles. The van der Waals surface area contributed by atoms with Gasteiger partial charge in [-0.2, -0.15) is 5.10 Å². The zero-order valence-corrected chi connectivity index (χ0v) is 19.3. The van der Waals surface area contributed by atoms with Crippen LogP contribution in [0.15, 0.2) is 77.9 Å². The van der Waals surface area contributed by atoms with Gasteiger partial charge in [-0.15, -0.1) is 0 Å². The topological polar surface area (TPSA) is 86.2 Å². The van der Waals surface area contributed by atoms with Gasteiger partial charge in [-0.25, -0.2) is 10.2 Å². The van der Waals surface area contributed by atoms with Gasteiger partial charge in [0.2, 0.25) is 0 Å². The summed E-state index contributed by atoms with van der Waals surface area (Å²) in [7, 11) is 1.60. The molecule has 0 aliphatic rings. The summed E-state index contributed by atoms with van der Waals surface area (Å²) >= 11 is 0. The normalized spacial score (nSPS) is 10.9. The smallest absolute Gasteiger partial charge is 0.336 e. The number of hydrogen-bond acceptors (Lipinski definition) is 6. The number of nitrogens with one attached hydrogen (secondary N) is 1. The minimum Gasteiger partial charge on any atom is -0.497 e. The molecule has 174 valence electrons. The Morgan fingerprint density at radius 1 is 0.912 bits per heavy atom. The van der Waals surface area contributed by atoms with E-state index in [0.717, 1.165) is 28.0 Å². The number of nitrogens with zero attached hydrogens (tertiary/aromatic N) is 1. The number of amides is 1. The van der Waals surface area contributed by atoms with Crippen LogP contribution in [-0.4, -0.2) is 31.8 Å². The third kappa shape index (κ3) is 7.63. The largest absolute Gasteiger partial charge is 0.497 e. The molecule has 0 saturated heterocycles. The van der Waals surface area contributed by atoms with Crippen LogP contribution in [0.3, 0.4) is 0 Å². The maximum Gasteiger partial charge on any atom is 0.336 e. The van der Waals surface area contributed by atoms with E-state index < -0.39 is 5.97 Å². The molecule has 0 heterocycles. The quantitative estimate of drug-likeness (QED) is 0.168. The van der Waals surface area contributed by atoms with E-state index in [0.29, 0.717) is 11.5 Å². The molecule has 0 spiro atoms. The lowest BCUT2D eigenvalue weighted by atomic mass is 10.1. The first-order valence-corrected chi connectivity index (χ1v) is 10.6. The third-order valence-electron chi connectivity index (χ3n) is 4.73. The Balaban J connectivity index is 1.44. The van der Waals surface area contributed by atoms with Gasteiger partial charge in [0.05, 0.1) is 13.3 Å². The lowest BCUT2D eigenvalue weighted by Gasteiger charge is -2.08. The highest BCUT2D eigenvalue weighted by molar-refractivity contribution is 5.89. The number of carbonyl (C=O) groups is 2. The summed E-state index contributed by atoms with van der Waals surface area (Å²) in [5.74, 6) is 0.948. The van der Waals surface area contributed by atoms with Crippen LogP contribution in [0.1, 0.15) is 22.3 Å². The maximum atomic E-state index is 12.0. The van der Waals surface area contributed by atoms with E-state index >= 15 is 0 Å². The van der Waals surface area contributed by atoms with Crippen molar-refractivity contribution in [2.45, 2.75) is 13.8 Å². The second kappa shape index (κ2) is 12.0. The Morgan fingerprint density at radius 2 is 1.59 bits per heavy atom. The van der Waals surface area contributed by atoms with Crippen molar-refractivity contribution in [3.8, 4) is 17.2 Å². The molecule has 3 rings (SSSR count). The van der Waals surface area contributed by atoms with Crippen molar-refractivity contribution in [3.63, 3.8) is 0 Å². The summed E-state index contributed by atoms with van der Waals surface area (Å²) < 4.78 is 15.9. The molecule has 0 aliphatic heterocycles. The van der Waals surface area contributed by atoms with Crippen molar-refractivity contribution in [2.24, 2.45) is 5.10 Å². The number of aryl methyl sites for hydroxylation is 2. The molecule has 0 aromatic heterocycles. The van der Waals surface area contributed by atoms with Crippen LogP contribution in [0.25, 0.3) is 6.08 Å². The molecule has 0 radical (unpaired) electrons. The van der Waals surface area contributed by atoms with Gasteiger partial charge in [-0.1, -0.05) is 24.3 Å². The number of rotatable bonds is 9. The molecule has 0 saturated carbocycles. The van der Waals surface area contributed by atoms with Crippen LogP contribution in [0.2, 0.25) is 0 Å². The highest BCUT2D eigenvalue weighted by atomic mass is 16.5. The van der Waals surface area contributed by atoms with Crippen molar-refractivity contribution in [1.29, 1.82) is 0 Å². The highest BCUT2D eigenvalue weighted by Crippen LogP contribution is 2.19. The van der Waals surface area contributed by atoms with Gasteiger partial charge in [-0.3, -0.25) is 4.79 Å². The summed E-state index contributed by atoms with van der Waals surface area (Å²) in [5, 5.41) is 3.93. The van der Waals surface area contributed by atoms with Crippen molar-refractivity contribution in [3.05, 3.63) is 95.1 Å². The Hall–Kier alpha value is -4.39. The zero-order chi connectivity index (χ0) is 24.3. The van der Waals surface area contributed by atoms with E-state index in [1.807, 2.05) is 56.3 Å². The van der Waals surface area contributed by atoms with Crippen LogP contribution in [-0.2, 0) is 9.59 Å². The molecule has 0 unspecified atom stereocenters. The number of esters is 1. The summed E-state index contributed by atoms with van der Waals surface area (Å²) in [5.41, 5.74) is 6.02. The molecule has 7 nitrogen and oxygen atoms in total. The summed E-state index contributed by atoms with van der Waals surface area (Å²) in [6.07, 6.45) is 4.51. The predicted molar refractivity (Wildman–Crippen MR) is 131 cm³/mol. The Kier molecular flexibility index (Phi) is 8.57. The number of ether oxygens (including phenoxy) is 3. The molecule has 3 aromatic carbocycles. The van der Waals surface area contributed by atoms with Crippen LogP contribution in [0.5, 0.6) is 17.2 Å². The van der Waals surface area contributed by atoms with Gasteiger partial charge in [0, 0.05) is 6.08 Å². The van der Waals surface area contributed by atoms with Crippen molar-refractivity contribution >= 4 is 24.2 Å². The fraction of sp³-hybridized carbons (Fsp3) is 0.148. The second-order valence-corrected chi connectivity index (χ2v) is 7.45. The number of hydrazone groups is 1. The predicted octanol–water partition coefficient (Wildman–Crippen LogP) is 4.46. The lowest BCUT2D eigenvalue weighted by Crippen LogP contribution is -2.24. The monoisotopic (exact) mass is 458 g/mol. The van der Waals surface area contributed by atoms with Crippen LogP contribution in [0.4, 0.5) is 0 Å². The van der Waals surface area contributed by atoms with E-state index in [1.165, 1.54) is 12.3 Å². The fourth-order valence-corrected chi connectivity index (χ4v) is 2.87. The van der Waals surface area contributed by atoms with Gasteiger partial charge in [0.15, 0.2) is 6.61 Å². The van der Waals surface area contributed by atoms with Crippen molar-refractivity contribution in [1.82, 2.24) is 5.43 Å². The Morgan fingerprint density at radius 3 is 2.29 bits per heavy atom. The minimum absolute atomic E-state index is 0.138. The summed E-state index contributed by atoms with van der Waals surface area (Å²) in [6, 6.07) is 19.8. The van der Waals surface area contributed by atoms with E-state index in [2.05, 4.69) is 10.5 Å². The first kappa shape index (κ1) is 24.3. The van der Waals surface area contributed by atoms with Gasteiger partial charge in [-0.05, 0) is 84.6 Å². The van der Waals surface area contributed by atoms with E-state index in [4.69, 9.17) is 14.2 Å². The standard InChI is InChI=1S/C27H26N2O5/c1-19-4-5-20(2)25(16-19)33-18-26(30)29-28-17-22-8-13-24(14-9-22)34-27(31)15-10-21-6-11-23(32-3)12-7-21/h4-17H,18H2,1-3H3,(H,29,30)/b15-10+,28-17-. The Bertz CT molecular complexity index is 1180. The number of methoxy groups -OCH3 is 1. The first-order chi connectivity index (χ1) is 16.4. The van der Waals surface area contributed by atoms with Crippen LogP contribution >= 0.6 is 0 Å². The van der Waals surface area contributed by atoms with Gasteiger partial charge >= 0.3 is 5.97 Å². The molecule has 0 fully saturated rings. The highest BCUT2D eigenvalue weighted by Gasteiger charge is 2.05. The van der Waals surface area contributed by atoms with Crippen molar-refractivity contribution < 1.29 is 23.8 Å². The van der Waals surface area contributed by atoms with Crippen LogP contribution < -0.4 is 19.6 Å². The molecule has 34 heavy (non-hydrogen) atoms. The number of hydrogen-bond donors (Lipinski definition) is 1. The average Bonchev–Trinajstić information content (AvgIpc) is 2.84.